The van der Waals surface area contributed by atoms with Gasteiger partial charge in [-0.15, -0.1) is 11.8 Å². The van der Waals surface area contributed by atoms with Crippen LogP contribution in [0.5, 0.6) is 0 Å². The Morgan fingerprint density at radius 3 is 2.02 bits per heavy atom. The van der Waals surface area contributed by atoms with Crippen LogP contribution in [0.4, 0.5) is 5.69 Å². The topological polar surface area (TPSA) is 105 Å². The molecule has 9 heteroatoms. The molecule has 2 aliphatic rings. The number of ether oxygens (including phenoxy) is 2. The molecule has 1 fully saturated rings. The zero-order valence-corrected chi connectivity index (χ0v) is 25.8. The van der Waals surface area contributed by atoms with Gasteiger partial charge in [0.15, 0.2) is 6.29 Å². The number of benzene rings is 4. The number of nitrogens with one attached hydrogen (secondary N) is 1. The van der Waals surface area contributed by atoms with E-state index in [2.05, 4.69) is 12.2 Å². The van der Waals surface area contributed by atoms with Gasteiger partial charge in [0.25, 0.3) is 11.8 Å². The average Bonchev–Trinajstić information content (AvgIpc) is 3.30. The number of carbonyl (C=O) groups excluding carboxylic acids is 3. The third kappa shape index (κ3) is 6.72. The number of imide groups is 1. The fourth-order valence-electron chi connectivity index (χ4n) is 5.67. The Kier molecular flexibility index (Phi) is 9.14. The molecule has 0 radical (unpaired) electrons. The summed E-state index contributed by atoms with van der Waals surface area (Å²) in [5, 5.41) is 12.3. The highest BCUT2D eigenvalue weighted by Crippen LogP contribution is 2.43. The van der Waals surface area contributed by atoms with Crippen molar-refractivity contribution in [1.29, 1.82) is 0 Å². The maximum atomic E-state index is 12.9. The van der Waals surface area contributed by atoms with Gasteiger partial charge in [-0.05, 0) is 53.1 Å². The molecule has 3 amide bonds. The third-order valence-corrected chi connectivity index (χ3v) is 9.28. The predicted molar refractivity (Wildman–Crippen MR) is 172 cm³/mol. The second kappa shape index (κ2) is 13.4. The van der Waals surface area contributed by atoms with E-state index >= 15 is 0 Å². The fraction of sp³-hybridized carbons (Fsp3) is 0.250. The summed E-state index contributed by atoms with van der Waals surface area (Å²) in [6, 6.07) is 30.1. The van der Waals surface area contributed by atoms with Gasteiger partial charge in [0, 0.05) is 34.7 Å². The zero-order chi connectivity index (χ0) is 31.5. The number of aliphatic hydroxyl groups excluding tert-OH is 1. The van der Waals surface area contributed by atoms with Crippen LogP contribution >= 0.6 is 11.8 Å². The van der Waals surface area contributed by atoms with Crippen molar-refractivity contribution in [2.75, 3.05) is 11.1 Å². The van der Waals surface area contributed by atoms with E-state index in [-0.39, 0.29) is 49.0 Å². The van der Waals surface area contributed by atoms with Crippen molar-refractivity contribution in [2.24, 2.45) is 5.92 Å². The van der Waals surface area contributed by atoms with Gasteiger partial charge in [-0.3, -0.25) is 19.3 Å². The minimum Gasteiger partial charge on any atom is -0.392 e. The highest BCUT2D eigenvalue weighted by atomic mass is 32.2. The van der Waals surface area contributed by atoms with E-state index in [4.69, 9.17) is 9.47 Å². The maximum Gasteiger partial charge on any atom is 0.261 e. The highest BCUT2D eigenvalue weighted by Gasteiger charge is 2.39. The van der Waals surface area contributed by atoms with E-state index in [9.17, 15) is 19.5 Å². The lowest BCUT2D eigenvalue weighted by atomic mass is 9.91. The number of aliphatic hydroxyl groups is 1. The van der Waals surface area contributed by atoms with Crippen molar-refractivity contribution in [2.45, 2.75) is 50.4 Å². The molecule has 4 atom stereocenters. The molecule has 1 saturated heterocycles. The van der Waals surface area contributed by atoms with Crippen LogP contribution in [0.25, 0.3) is 0 Å². The monoisotopic (exact) mass is 622 g/mol. The first-order valence-corrected chi connectivity index (χ1v) is 15.8. The largest absolute Gasteiger partial charge is 0.392 e. The molecule has 4 aromatic rings. The Bertz CT molecular complexity index is 1660. The standard InChI is InChI=1S/C36H34N2O6S/c1-22-32(21-45-29-17-15-28(16-18-29)37-23(2)40)43-36(44-33(22)26-11-9-25(20-39)10-12-26)27-13-7-24(8-14-27)19-38-34(41)30-5-3-4-6-31(30)35(38)42/h3-18,22,32-33,36,39H,19-21H2,1-2H3,(H,37,40)/t22-,32+,33+,36+/m0/s1. The summed E-state index contributed by atoms with van der Waals surface area (Å²) in [7, 11) is 0. The molecular formula is C36H34N2O6S. The van der Waals surface area contributed by atoms with Crippen LogP contribution in [0.3, 0.4) is 0 Å². The van der Waals surface area contributed by atoms with E-state index < -0.39 is 6.29 Å². The summed E-state index contributed by atoms with van der Waals surface area (Å²) in [6.45, 7) is 3.76. The van der Waals surface area contributed by atoms with Crippen LogP contribution < -0.4 is 5.32 Å². The van der Waals surface area contributed by atoms with E-state index in [1.54, 1.807) is 36.0 Å². The Morgan fingerprint density at radius 1 is 0.822 bits per heavy atom. The average molecular weight is 623 g/mol. The number of fused-ring (bicyclic) bond motifs is 1. The normalized spacial score (nSPS) is 21.1. The molecule has 4 aromatic carbocycles. The van der Waals surface area contributed by atoms with Crippen LogP contribution in [0.2, 0.25) is 0 Å². The molecule has 0 aromatic heterocycles. The van der Waals surface area contributed by atoms with E-state index in [1.807, 2.05) is 72.8 Å². The predicted octanol–water partition coefficient (Wildman–Crippen LogP) is 6.52. The quantitative estimate of drug-likeness (QED) is 0.162. The highest BCUT2D eigenvalue weighted by molar-refractivity contribution is 7.99. The second-order valence-electron chi connectivity index (χ2n) is 11.3. The van der Waals surface area contributed by atoms with Crippen LogP contribution in [0.1, 0.15) is 69.2 Å². The Balaban J connectivity index is 1.19. The SMILES string of the molecule is CC(=O)Nc1ccc(SC[C@H]2O[C@@H](c3ccc(CN4C(=O)c5ccccc5C4=O)cc3)O[C@@H](c3ccc(CO)cc3)[C@H]2C)cc1. The summed E-state index contributed by atoms with van der Waals surface area (Å²) in [6.07, 6.45) is -1.03. The molecule has 45 heavy (non-hydrogen) atoms. The molecule has 0 unspecified atom stereocenters. The van der Waals surface area contributed by atoms with Gasteiger partial charge in [-0.1, -0.05) is 67.6 Å². The lowest BCUT2D eigenvalue weighted by Gasteiger charge is -2.41. The van der Waals surface area contributed by atoms with Gasteiger partial charge in [0.1, 0.15) is 0 Å². The lowest BCUT2D eigenvalue weighted by Crippen LogP contribution is -2.38. The molecule has 2 heterocycles. The minimum absolute atomic E-state index is 0.0276. The Morgan fingerprint density at radius 2 is 1.42 bits per heavy atom. The number of amides is 3. The molecule has 2 aliphatic heterocycles. The van der Waals surface area contributed by atoms with Gasteiger partial charge in [-0.2, -0.15) is 0 Å². The molecular weight excluding hydrogens is 588 g/mol. The van der Waals surface area contributed by atoms with Gasteiger partial charge in [-0.25, -0.2) is 0 Å². The Labute approximate surface area is 266 Å². The molecule has 230 valence electrons. The summed E-state index contributed by atoms with van der Waals surface area (Å²) < 4.78 is 13.1. The van der Waals surface area contributed by atoms with Crippen molar-refractivity contribution in [1.82, 2.24) is 4.90 Å². The van der Waals surface area contributed by atoms with E-state index in [0.29, 0.717) is 16.9 Å². The van der Waals surface area contributed by atoms with Crippen LogP contribution in [-0.2, 0) is 27.4 Å². The zero-order valence-electron chi connectivity index (χ0n) is 25.0. The maximum absolute atomic E-state index is 12.9. The van der Waals surface area contributed by atoms with Crippen molar-refractivity contribution in [3.8, 4) is 0 Å². The third-order valence-electron chi connectivity index (χ3n) is 8.18. The summed E-state index contributed by atoms with van der Waals surface area (Å²) in [5.41, 5.74) is 5.11. The summed E-state index contributed by atoms with van der Waals surface area (Å²) >= 11 is 1.68. The molecule has 0 bridgehead atoms. The first kappa shape index (κ1) is 30.7. The van der Waals surface area contributed by atoms with E-state index in [1.165, 1.54) is 11.8 Å². The van der Waals surface area contributed by atoms with Gasteiger partial charge < -0.3 is 19.9 Å². The smallest absolute Gasteiger partial charge is 0.261 e. The van der Waals surface area contributed by atoms with Crippen LogP contribution in [0.15, 0.2) is 102 Å². The summed E-state index contributed by atoms with van der Waals surface area (Å²) in [5.74, 6) is 0.0328. The van der Waals surface area contributed by atoms with Crippen molar-refractivity contribution in [3.63, 3.8) is 0 Å². The molecule has 0 saturated carbocycles. The number of hydrogen-bond donors (Lipinski definition) is 2. The number of hydrogen-bond acceptors (Lipinski definition) is 7. The number of anilines is 1. The summed E-state index contributed by atoms with van der Waals surface area (Å²) in [4.78, 5) is 39.4. The number of carbonyl (C=O) groups is 3. The van der Waals surface area contributed by atoms with Crippen molar-refractivity contribution < 1.29 is 29.0 Å². The molecule has 2 N–H and O–H groups in total. The van der Waals surface area contributed by atoms with Crippen LogP contribution in [-0.4, -0.2) is 39.6 Å². The molecule has 8 nitrogen and oxygen atoms in total. The molecule has 0 aliphatic carbocycles. The van der Waals surface area contributed by atoms with Gasteiger partial charge in [0.2, 0.25) is 5.91 Å². The lowest BCUT2D eigenvalue weighted by molar-refractivity contribution is -0.268. The first-order valence-electron chi connectivity index (χ1n) is 14.9. The minimum atomic E-state index is -0.634. The van der Waals surface area contributed by atoms with Crippen LogP contribution in [0, 0.1) is 5.92 Å². The first-order chi connectivity index (χ1) is 21.8. The fourth-order valence-corrected chi connectivity index (χ4v) is 6.74. The van der Waals surface area contributed by atoms with Gasteiger partial charge in [0.05, 0.1) is 36.5 Å². The number of thioether (sulfide) groups is 1. The van der Waals surface area contributed by atoms with Crippen molar-refractivity contribution >= 4 is 35.2 Å². The second-order valence-corrected chi connectivity index (χ2v) is 12.4. The molecule has 0 spiro atoms. The molecule has 6 rings (SSSR count). The Hall–Kier alpha value is -4.28. The number of rotatable bonds is 9. The van der Waals surface area contributed by atoms with E-state index in [0.717, 1.165) is 32.8 Å². The number of nitrogens with zero attached hydrogens (tertiary/aromatic N) is 1. The van der Waals surface area contributed by atoms with Gasteiger partial charge >= 0.3 is 0 Å². The van der Waals surface area contributed by atoms with Crippen molar-refractivity contribution in [3.05, 3.63) is 130 Å².